The van der Waals surface area contributed by atoms with Crippen LogP contribution < -0.4 is 0 Å². The third-order valence-corrected chi connectivity index (χ3v) is 4.55. The number of halogens is 1. The van der Waals surface area contributed by atoms with Crippen molar-refractivity contribution in [3.63, 3.8) is 0 Å². The van der Waals surface area contributed by atoms with Crippen molar-refractivity contribution in [3.05, 3.63) is 71.8 Å². The van der Waals surface area contributed by atoms with Gasteiger partial charge in [0.1, 0.15) is 18.3 Å². The first-order valence-electron chi connectivity index (χ1n) is 8.97. The number of ether oxygens (including phenoxy) is 4. The maximum atomic E-state index is 15.0. The molecule has 0 aromatic heterocycles. The molecule has 0 aliphatic carbocycles. The van der Waals surface area contributed by atoms with Crippen LogP contribution in [-0.2, 0) is 32.2 Å². The maximum Gasteiger partial charge on any atom is 0.186 e. The molecule has 1 N–H and O–H groups in total. The first kappa shape index (κ1) is 19.9. The van der Waals surface area contributed by atoms with Crippen molar-refractivity contribution < 1.29 is 28.4 Å². The van der Waals surface area contributed by atoms with Crippen LogP contribution in [0.15, 0.2) is 60.7 Å². The summed E-state index contributed by atoms with van der Waals surface area (Å²) < 4.78 is 37.6. The van der Waals surface area contributed by atoms with Crippen LogP contribution in [0.4, 0.5) is 4.39 Å². The van der Waals surface area contributed by atoms with Crippen molar-refractivity contribution in [3.8, 4) is 0 Å². The summed E-state index contributed by atoms with van der Waals surface area (Å²) >= 11 is 0. The summed E-state index contributed by atoms with van der Waals surface area (Å²) in [6.07, 6.45) is -5.08. The predicted octanol–water partition coefficient (Wildman–Crippen LogP) is 2.86. The van der Waals surface area contributed by atoms with Gasteiger partial charge < -0.3 is 24.1 Å². The number of benzene rings is 2. The molecule has 6 heteroatoms. The largest absolute Gasteiger partial charge is 0.394 e. The molecular weight excluding hydrogens is 351 g/mol. The molecule has 0 amide bonds. The molecule has 2 aromatic carbocycles. The molecule has 5 atom stereocenters. The fourth-order valence-corrected chi connectivity index (χ4v) is 3.10. The van der Waals surface area contributed by atoms with Crippen molar-refractivity contribution in [2.75, 3.05) is 13.7 Å². The monoisotopic (exact) mass is 376 g/mol. The van der Waals surface area contributed by atoms with Gasteiger partial charge in [0.15, 0.2) is 12.5 Å². The minimum absolute atomic E-state index is 0.228. The quantitative estimate of drug-likeness (QED) is 0.768. The van der Waals surface area contributed by atoms with Crippen molar-refractivity contribution in [1.82, 2.24) is 0 Å². The third-order valence-electron chi connectivity index (χ3n) is 4.55. The van der Waals surface area contributed by atoms with Crippen molar-refractivity contribution in [2.24, 2.45) is 0 Å². The van der Waals surface area contributed by atoms with Gasteiger partial charge in [0.25, 0.3) is 0 Å². The molecule has 0 bridgehead atoms. The van der Waals surface area contributed by atoms with Crippen LogP contribution >= 0.6 is 0 Å². The van der Waals surface area contributed by atoms with Gasteiger partial charge in [-0.2, -0.15) is 0 Å². The minimum Gasteiger partial charge on any atom is -0.394 e. The Kier molecular flexibility index (Phi) is 7.32. The zero-order valence-electron chi connectivity index (χ0n) is 15.2. The molecule has 1 aliphatic rings. The number of aliphatic hydroxyl groups excluding tert-OH is 1. The first-order valence-corrected chi connectivity index (χ1v) is 8.97. The zero-order valence-corrected chi connectivity index (χ0v) is 15.2. The van der Waals surface area contributed by atoms with E-state index in [0.29, 0.717) is 0 Å². The molecule has 0 saturated carbocycles. The Morgan fingerprint density at radius 2 is 1.41 bits per heavy atom. The molecule has 1 saturated heterocycles. The van der Waals surface area contributed by atoms with E-state index in [0.717, 1.165) is 11.1 Å². The minimum atomic E-state index is -1.54. The number of hydrogen-bond donors (Lipinski definition) is 1. The molecule has 2 aromatic rings. The highest BCUT2D eigenvalue weighted by atomic mass is 19.1. The summed E-state index contributed by atoms with van der Waals surface area (Å²) in [6.45, 7) is 0.0414. The lowest BCUT2D eigenvalue weighted by atomic mass is 9.99. The summed E-state index contributed by atoms with van der Waals surface area (Å²) in [5.74, 6) is 0. The van der Waals surface area contributed by atoms with Crippen LogP contribution in [0.25, 0.3) is 0 Å². The highest BCUT2D eigenvalue weighted by Gasteiger charge is 2.48. The van der Waals surface area contributed by atoms with Gasteiger partial charge in [-0.1, -0.05) is 60.7 Å². The SMILES string of the molecule is CO[C@@H]1O[C@H](CO)[C@H](F)[C@H](OCc2ccccc2)[C@H]1OCc1ccccc1. The van der Waals surface area contributed by atoms with Crippen molar-refractivity contribution in [2.45, 2.75) is 44.0 Å². The lowest BCUT2D eigenvalue weighted by Gasteiger charge is -2.42. The lowest BCUT2D eigenvalue weighted by molar-refractivity contribution is -0.304. The van der Waals surface area contributed by atoms with Gasteiger partial charge >= 0.3 is 0 Å². The Morgan fingerprint density at radius 3 is 1.89 bits per heavy atom. The number of alkyl halides is 1. The molecule has 146 valence electrons. The topological polar surface area (TPSA) is 57.2 Å². The molecule has 3 rings (SSSR count). The van der Waals surface area contributed by atoms with Crippen LogP contribution in [0.3, 0.4) is 0 Å². The maximum absolute atomic E-state index is 15.0. The van der Waals surface area contributed by atoms with Gasteiger partial charge in [-0.25, -0.2) is 4.39 Å². The number of hydrogen-bond acceptors (Lipinski definition) is 5. The highest BCUT2D eigenvalue weighted by molar-refractivity contribution is 5.14. The Morgan fingerprint density at radius 1 is 0.889 bits per heavy atom. The van der Waals surface area contributed by atoms with E-state index in [4.69, 9.17) is 18.9 Å². The Labute approximate surface area is 158 Å². The van der Waals surface area contributed by atoms with Gasteiger partial charge in [0.05, 0.1) is 19.8 Å². The summed E-state index contributed by atoms with van der Waals surface area (Å²) in [5.41, 5.74) is 1.88. The van der Waals surface area contributed by atoms with Gasteiger partial charge in [-0.15, -0.1) is 0 Å². The van der Waals surface area contributed by atoms with E-state index in [-0.39, 0.29) is 13.2 Å². The lowest BCUT2D eigenvalue weighted by Crippen LogP contribution is -2.59. The molecule has 5 nitrogen and oxygen atoms in total. The van der Waals surface area contributed by atoms with Gasteiger partial charge in [-0.05, 0) is 11.1 Å². The summed E-state index contributed by atoms with van der Waals surface area (Å²) in [7, 11) is 1.46. The third kappa shape index (κ3) is 5.12. The number of rotatable bonds is 8. The van der Waals surface area contributed by atoms with Gasteiger partial charge in [-0.3, -0.25) is 0 Å². The molecule has 1 aliphatic heterocycles. The van der Waals surface area contributed by atoms with Crippen molar-refractivity contribution >= 4 is 0 Å². The fourth-order valence-electron chi connectivity index (χ4n) is 3.10. The molecule has 1 fully saturated rings. The molecular formula is C21H25FO5. The number of methoxy groups -OCH3 is 1. The van der Waals surface area contributed by atoms with Crippen LogP contribution in [0.2, 0.25) is 0 Å². The summed E-state index contributed by atoms with van der Waals surface area (Å²) in [6, 6.07) is 19.1. The molecule has 27 heavy (non-hydrogen) atoms. The normalized spacial score (nSPS) is 28.2. The van der Waals surface area contributed by atoms with E-state index in [1.807, 2.05) is 60.7 Å². The average Bonchev–Trinajstić information content (AvgIpc) is 2.73. The summed E-state index contributed by atoms with van der Waals surface area (Å²) in [5, 5.41) is 9.46. The predicted molar refractivity (Wildman–Crippen MR) is 97.7 cm³/mol. The van der Waals surface area contributed by atoms with Crippen molar-refractivity contribution in [1.29, 1.82) is 0 Å². The van der Waals surface area contributed by atoms with Gasteiger partial charge in [0, 0.05) is 7.11 Å². The van der Waals surface area contributed by atoms with E-state index in [9.17, 15) is 9.50 Å². The fraction of sp³-hybridized carbons (Fsp3) is 0.429. The van der Waals surface area contributed by atoms with Crippen LogP contribution in [-0.4, -0.2) is 49.6 Å². The second-order valence-electron chi connectivity index (χ2n) is 6.43. The molecule has 0 unspecified atom stereocenters. The van der Waals surface area contributed by atoms with E-state index >= 15 is 0 Å². The van der Waals surface area contributed by atoms with Crippen LogP contribution in [0.1, 0.15) is 11.1 Å². The van der Waals surface area contributed by atoms with E-state index in [1.165, 1.54) is 7.11 Å². The Balaban J connectivity index is 1.73. The molecule has 0 spiro atoms. The highest BCUT2D eigenvalue weighted by Crippen LogP contribution is 2.29. The zero-order chi connectivity index (χ0) is 19.1. The van der Waals surface area contributed by atoms with Gasteiger partial charge in [0.2, 0.25) is 0 Å². The second kappa shape index (κ2) is 9.92. The summed E-state index contributed by atoms with van der Waals surface area (Å²) in [4.78, 5) is 0. The smallest absolute Gasteiger partial charge is 0.186 e. The second-order valence-corrected chi connectivity index (χ2v) is 6.43. The number of aliphatic hydroxyl groups is 1. The van der Waals surface area contributed by atoms with E-state index < -0.39 is 37.4 Å². The van der Waals surface area contributed by atoms with Crippen LogP contribution in [0.5, 0.6) is 0 Å². The first-order chi connectivity index (χ1) is 13.2. The standard InChI is InChI=1S/C21H25FO5/c1-24-21-20(26-14-16-10-6-3-7-11-16)19(18(22)17(12-23)27-21)25-13-15-8-4-2-5-9-15/h2-11,17-21,23H,12-14H2,1H3/t17-,18+,19+,20-,21-/m1/s1. The average molecular weight is 376 g/mol. The molecule has 0 radical (unpaired) electrons. The Hall–Kier alpha value is -1.83. The Bertz CT molecular complexity index is 669. The molecule has 1 heterocycles. The van der Waals surface area contributed by atoms with E-state index in [2.05, 4.69) is 0 Å². The van der Waals surface area contributed by atoms with E-state index in [1.54, 1.807) is 0 Å². The van der Waals surface area contributed by atoms with Crippen LogP contribution in [0, 0.1) is 0 Å².